The van der Waals surface area contributed by atoms with Gasteiger partial charge >= 0.3 is 5.97 Å². The number of ether oxygens (including phenoxy) is 3. The van der Waals surface area contributed by atoms with Crippen LogP contribution in [-0.2, 0) is 20.7 Å². The molecular weight excluding hydrogens is 550 g/mol. The van der Waals surface area contributed by atoms with Crippen LogP contribution in [0.1, 0.15) is 68.1 Å². The van der Waals surface area contributed by atoms with E-state index in [9.17, 15) is 9.59 Å². The van der Waals surface area contributed by atoms with Crippen LogP contribution >= 0.6 is 0 Å². The fourth-order valence-electron chi connectivity index (χ4n) is 5.55. The number of carbonyl (C=O) groups excluding carboxylic acids is 2. The minimum atomic E-state index is -0.634. The Morgan fingerprint density at radius 2 is 1.77 bits per heavy atom. The molecule has 1 amide bonds. The molecule has 0 atom stereocenters. The Bertz CT molecular complexity index is 1210. The summed E-state index contributed by atoms with van der Waals surface area (Å²) in [6.07, 6.45) is 7.09. The Morgan fingerprint density at radius 1 is 1.02 bits per heavy atom. The van der Waals surface area contributed by atoms with Crippen molar-refractivity contribution in [2.45, 2.75) is 64.3 Å². The number of aromatic nitrogens is 2. The normalized spacial score (nSPS) is 16.1. The van der Waals surface area contributed by atoms with Crippen molar-refractivity contribution >= 4 is 34.9 Å². The van der Waals surface area contributed by atoms with Crippen LogP contribution in [-0.4, -0.2) is 92.9 Å². The van der Waals surface area contributed by atoms with Crippen LogP contribution in [0.3, 0.4) is 0 Å². The van der Waals surface area contributed by atoms with Gasteiger partial charge in [0, 0.05) is 63.6 Å². The van der Waals surface area contributed by atoms with Gasteiger partial charge in [0.2, 0.25) is 0 Å². The lowest BCUT2D eigenvalue weighted by molar-refractivity contribution is -0.140. The number of primary amides is 1. The monoisotopic (exact) mass is 597 g/mol. The molecule has 0 unspecified atom stereocenters. The molecule has 2 aliphatic heterocycles. The van der Waals surface area contributed by atoms with Gasteiger partial charge in [0.05, 0.1) is 25.6 Å². The van der Waals surface area contributed by atoms with Gasteiger partial charge in [0.25, 0.3) is 5.91 Å². The molecule has 12 nitrogen and oxygen atoms in total. The van der Waals surface area contributed by atoms with E-state index in [0.717, 1.165) is 88.4 Å². The molecule has 4 rings (SSSR count). The molecule has 236 valence electrons. The van der Waals surface area contributed by atoms with E-state index in [1.165, 1.54) is 7.11 Å². The van der Waals surface area contributed by atoms with Gasteiger partial charge in [-0.2, -0.15) is 0 Å². The molecule has 0 spiro atoms. The zero-order valence-corrected chi connectivity index (χ0v) is 25.8. The number of rotatable bonds is 15. The maximum atomic E-state index is 12.3. The van der Waals surface area contributed by atoms with Crippen LogP contribution in [0, 0.1) is 0 Å². The van der Waals surface area contributed by atoms with Crippen molar-refractivity contribution in [3.8, 4) is 5.75 Å². The molecule has 0 saturated carbocycles. The Morgan fingerprint density at radius 3 is 2.44 bits per heavy atom. The highest BCUT2D eigenvalue weighted by Gasteiger charge is 2.23. The third-order valence-corrected chi connectivity index (χ3v) is 8.09. The third-order valence-electron chi connectivity index (χ3n) is 8.09. The lowest BCUT2D eigenvalue weighted by Crippen LogP contribution is -2.46. The molecule has 2 fully saturated rings. The van der Waals surface area contributed by atoms with E-state index in [1.807, 2.05) is 25.1 Å². The molecule has 0 aliphatic carbocycles. The number of hydrogen-bond donors (Lipinski definition) is 3. The number of nitrogens with one attached hydrogen (secondary N) is 2. The highest BCUT2D eigenvalue weighted by molar-refractivity contribution is 5.96. The second-order valence-corrected chi connectivity index (χ2v) is 11.0. The van der Waals surface area contributed by atoms with Gasteiger partial charge in [-0.15, -0.1) is 0 Å². The average molecular weight is 598 g/mol. The Hall–Kier alpha value is -3.64. The van der Waals surface area contributed by atoms with E-state index in [2.05, 4.69) is 25.4 Å². The minimum absolute atomic E-state index is 0.108. The summed E-state index contributed by atoms with van der Waals surface area (Å²) in [5, 5.41) is 6.77. The quantitative estimate of drug-likeness (QED) is 0.204. The van der Waals surface area contributed by atoms with E-state index < -0.39 is 5.91 Å². The van der Waals surface area contributed by atoms with E-state index in [0.29, 0.717) is 43.4 Å². The van der Waals surface area contributed by atoms with Gasteiger partial charge in [0.15, 0.2) is 17.3 Å². The molecule has 2 aliphatic rings. The fourth-order valence-corrected chi connectivity index (χ4v) is 5.55. The highest BCUT2D eigenvalue weighted by Crippen LogP contribution is 2.34. The second-order valence-electron chi connectivity index (χ2n) is 11.0. The number of nitrogens with two attached hydrogens (primary N) is 1. The summed E-state index contributed by atoms with van der Waals surface area (Å²) in [5.74, 6) is 0.948. The number of esters is 1. The summed E-state index contributed by atoms with van der Waals surface area (Å²) in [7, 11) is 3.10. The number of unbranched alkanes of at least 4 members (excludes halogenated alkanes) is 3. The molecule has 4 N–H and O–H groups in total. The molecule has 43 heavy (non-hydrogen) atoms. The topological polar surface area (TPSA) is 144 Å². The lowest BCUT2D eigenvalue weighted by Gasteiger charge is -2.36. The smallest absolute Gasteiger partial charge is 0.305 e. The van der Waals surface area contributed by atoms with Crippen molar-refractivity contribution < 1.29 is 23.8 Å². The molecule has 2 aromatic rings. The average Bonchev–Trinajstić information content (AvgIpc) is 3.03. The third kappa shape index (κ3) is 9.17. The number of benzene rings is 1. The van der Waals surface area contributed by atoms with Gasteiger partial charge in [0.1, 0.15) is 5.75 Å². The zero-order chi connectivity index (χ0) is 30.6. The van der Waals surface area contributed by atoms with Crippen molar-refractivity contribution in [3.05, 3.63) is 29.6 Å². The predicted octanol–water partition coefficient (Wildman–Crippen LogP) is 3.73. The first-order valence-corrected chi connectivity index (χ1v) is 15.5. The number of nitrogens with zero attached hydrogens (tertiary/aromatic N) is 4. The van der Waals surface area contributed by atoms with Crippen LogP contribution in [0.4, 0.5) is 23.0 Å². The number of piperazine rings is 1. The van der Waals surface area contributed by atoms with Gasteiger partial charge in [-0.05, 0) is 50.8 Å². The first-order valence-electron chi connectivity index (χ1n) is 15.5. The Balaban J connectivity index is 1.37. The fraction of sp³-hybridized carbons (Fsp3) is 0.613. The summed E-state index contributed by atoms with van der Waals surface area (Å²) in [6.45, 7) is 8.24. The zero-order valence-electron chi connectivity index (χ0n) is 25.8. The van der Waals surface area contributed by atoms with Gasteiger partial charge in [-0.3, -0.25) is 14.5 Å². The predicted molar refractivity (Wildman–Crippen MR) is 167 cm³/mol. The Kier molecular flexibility index (Phi) is 12.2. The molecule has 3 heterocycles. The van der Waals surface area contributed by atoms with Crippen LogP contribution < -0.4 is 26.0 Å². The SMILES string of the molecule is CCc1nc(C(N)=O)c(Nc2ccc(N3CCN(CCCCCCC(=O)OC)CC3)c(OC)c2)nc1NC1CCOCC1. The number of aryl methyl sites for hydroxylation is 1. The van der Waals surface area contributed by atoms with Crippen molar-refractivity contribution in [2.75, 3.05) is 75.7 Å². The standard InChI is InChI=1S/C31H47N7O5/c1-4-24-30(33-22-12-19-43-20-13-22)36-31(28(35-24)29(32)40)34-23-10-11-25(26(21-23)41-2)38-17-15-37(16-18-38)14-8-6-5-7-9-27(39)42-3/h10-11,21-22H,4-9,12-20H2,1-3H3,(H2,32,40)(H2,33,34,36). The number of anilines is 4. The van der Waals surface area contributed by atoms with E-state index in [1.54, 1.807) is 7.11 Å². The van der Waals surface area contributed by atoms with E-state index in [4.69, 9.17) is 24.9 Å². The van der Waals surface area contributed by atoms with Crippen molar-refractivity contribution in [1.29, 1.82) is 0 Å². The van der Waals surface area contributed by atoms with E-state index >= 15 is 0 Å². The molecule has 12 heteroatoms. The molecule has 1 aromatic heterocycles. The number of methoxy groups -OCH3 is 2. The maximum Gasteiger partial charge on any atom is 0.305 e. The van der Waals surface area contributed by atoms with Gasteiger partial charge in [-0.25, -0.2) is 9.97 Å². The van der Waals surface area contributed by atoms with Crippen LogP contribution in [0.5, 0.6) is 5.75 Å². The molecule has 2 saturated heterocycles. The maximum absolute atomic E-state index is 12.3. The van der Waals surface area contributed by atoms with Gasteiger partial charge < -0.3 is 35.5 Å². The first kappa shape index (κ1) is 32.3. The second kappa shape index (κ2) is 16.3. The first-order chi connectivity index (χ1) is 20.9. The molecule has 0 radical (unpaired) electrons. The number of amides is 1. The van der Waals surface area contributed by atoms with Crippen LogP contribution in [0.2, 0.25) is 0 Å². The van der Waals surface area contributed by atoms with Gasteiger partial charge in [-0.1, -0.05) is 19.8 Å². The summed E-state index contributed by atoms with van der Waals surface area (Å²) >= 11 is 0. The lowest BCUT2D eigenvalue weighted by atomic mass is 10.1. The van der Waals surface area contributed by atoms with Crippen LogP contribution in [0.15, 0.2) is 18.2 Å². The number of carbonyl (C=O) groups is 2. The largest absolute Gasteiger partial charge is 0.495 e. The Labute approximate surface area is 254 Å². The van der Waals surface area contributed by atoms with Crippen LogP contribution in [0.25, 0.3) is 0 Å². The minimum Gasteiger partial charge on any atom is -0.495 e. The summed E-state index contributed by atoms with van der Waals surface area (Å²) in [6, 6.07) is 6.15. The summed E-state index contributed by atoms with van der Waals surface area (Å²) < 4.78 is 16.0. The summed E-state index contributed by atoms with van der Waals surface area (Å²) in [4.78, 5) is 37.8. The van der Waals surface area contributed by atoms with Crippen molar-refractivity contribution in [2.24, 2.45) is 5.73 Å². The molecule has 1 aromatic carbocycles. The molecule has 0 bridgehead atoms. The van der Waals surface area contributed by atoms with Crippen molar-refractivity contribution in [3.63, 3.8) is 0 Å². The number of hydrogen-bond acceptors (Lipinski definition) is 11. The summed E-state index contributed by atoms with van der Waals surface area (Å²) in [5.41, 5.74) is 8.28. The highest BCUT2D eigenvalue weighted by atomic mass is 16.5. The van der Waals surface area contributed by atoms with Crippen molar-refractivity contribution in [1.82, 2.24) is 14.9 Å². The van der Waals surface area contributed by atoms with E-state index in [-0.39, 0.29) is 17.7 Å². The molecular formula is C31H47N7O5.